The third-order valence-electron chi connectivity index (χ3n) is 4.16. The Balaban J connectivity index is 2.07. The maximum absolute atomic E-state index is 12.5. The minimum Gasteiger partial charge on any atom is -0.423 e. The first-order chi connectivity index (χ1) is 12.9. The number of ether oxygens (including phenoxy) is 2. The molecule has 0 atom stereocenters. The van der Waals surface area contributed by atoms with Crippen molar-refractivity contribution in [3.8, 4) is 5.75 Å². The van der Waals surface area contributed by atoms with Crippen molar-refractivity contribution in [1.29, 1.82) is 0 Å². The first kappa shape index (κ1) is 21.1. The highest BCUT2D eigenvalue weighted by Gasteiger charge is 2.21. The molecule has 0 radical (unpaired) electrons. The molecular formula is C20H25NO5S. The van der Waals surface area contributed by atoms with Crippen LogP contribution in [0.3, 0.4) is 0 Å². The number of nitrogens with zero attached hydrogens (tertiary/aromatic N) is 1. The summed E-state index contributed by atoms with van der Waals surface area (Å²) in [6, 6.07) is 13.0. The molecule has 0 spiro atoms. The summed E-state index contributed by atoms with van der Waals surface area (Å²) in [5.41, 5.74) is 1.37. The number of benzene rings is 2. The predicted molar refractivity (Wildman–Crippen MR) is 104 cm³/mol. The van der Waals surface area contributed by atoms with Crippen LogP contribution < -0.4 is 4.74 Å². The Hall–Kier alpha value is -2.22. The lowest BCUT2D eigenvalue weighted by Crippen LogP contribution is -2.30. The second-order valence-corrected chi connectivity index (χ2v) is 7.83. The molecule has 146 valence electrons. The normalized spacial score (nSPS) is 11.6. The van der Waals surface area contributed by atoms with Crippen LogP contribution in [0.2, 0.25) is 0 Å². The van der Waals surface area contributed by atoms with E-state index in [-0.39, 0.29) is 10.5 Å². The van der Waals surface area contributed by atoms with Gasteiger partial charge < -0.3 is 9.47 Å². The maximum atomic E-state index is 12.5. The van der Waals surface area contributed by atoms with Gasteiger partial charge in [0.25, 0.3) is 0 Å². The SMILES string of the molecule is CCN(CC)S(=O)(=O)c1ccc(C(=O)Oc2ccc(CCOC)cc2)cc1. The number of carbonyl (C=O) groups is 1. The lowest BCUT2D eigenvalue weighted by atomic mass is 10.1. The Morgan fingerprint density at radius 3 is 2.07 bits per heavy atom. The standard InChI is InChI=1S/C20H25NO5S/c1-4-21(5-2)27(23,24)19-12-8-17(9-13-19)20(22)26-18-10-6-16(7-11-18)14-15-25-3/h6-13H,4-5,14-15H2,1-3H3. The van der Waals surface area contributed by atoms with E-state index in [9.17, 15) is 13.2 Å². The Morgan fingerprint density at radius 2 is 1.56 bits per heavy atom. The molecular weight excluding hydrogens is 366 g/mol. The van der Waals surface area contributed by atoms with E-state index in [1.165, 1.54) is 28.6 Å². The summed E-state index contributed by atoms with van der Waals surface area (Å²) in [5.74, 6) is -0.104. The molecule has 0 heterocycles. The van der Waals surface area contributed by atoms with E-state index >= 15 is 0 Å². The van der Waals surface area contributed by atoms with Crippen LogP contribution in [0, 0.1) is 0 Å². The Bertz CT molecular complexity index is 841. The molecule has 0 aliphatic carbocycles. The summed E-state index contributed by atoms with van der Waals surface area (Å²) in [7, 11) is -1.90. The predicted octanol–water partition coefficient (Wildman–Crippen LogP) is 3.13. The van der Waals surface area contributed by atoms with Gasteiger partial charge in [-0.1, -0.05) is 26.0 Å². The van der Waals surface area contributed by atoms with Gasteiger partial charge in [0.15, 0.2) is 0 Å². The third kappa shape index (κ3) is 5.38. The van der Waals surface area contributed by atoms with E-state index in [0.29, 0.717) is 25.4 Å². The topological polar surface area (TPSA) is 72.9 Å². The number of methoxy groups -OCH3 is 1. The van der Waals surface area contributed by atoms with Crippen LogP contribution in [0.1, 0.15) is 29.8 Å². The molecule has 0 aromatic heterocycles. The molecule has 0 N–H and O–H groups in total. The number of sulfonamides is 1. The number of esters is 1. The summed E-state index contributed by atoms with van der Waals surface area (Å²) >= 11 is 0. The van der Waals surface area contributed by atoms with E-state index in [1.54, 1.807) is 33.1 Å². The van der Waals surface area contributed by atoms with Crippen LogP contribution in [0.5, 0.6) is 5.75 Å². The molecule has 0 aliphatic rings. The van der Waals surface area contributed by atoms with Gasteiger partial charge in [-0.05, 0) is 48.4 Å². The zero-order chi connectivity index (χ0) is 19.9. The summed E-state index contributed by atoms with van der Waals surface area (Å²) in [5, 5.41) is 0. The summed E-state index contributed by atoms with van der Waals surface area (Å²) in [6.45, 7) is 4.98. The Kier molecular flexibility index (Phi) is 7.53. The van der Waals surface area contributed by atoms with Crippen molar-refractivity contribution < 1.29 is 22.7 Å². The van der Waals surface area contributed by atoms with Gasteiger partial charge in [-0.15, -0.1) is 0 Å². The molecule has 2 aromatic rings. The fourth-order valence-corrected chi connectivity index (χ4v) is 4.04. The molecule has 2 aromatic carbocycles. The van der Waals surface area contributed by atoms with Crippen molar-refractivity contribution in [2.24, 2.45) is 0 Å². The van der Waals surface area contributed by atoms with Gasteiger partial charge in [-0.2, -0.15) is 4.31 Å². The summed E-state index contributed by atoms with van der Waals surface area (Å²) < 4.78 is 36.7. The van der Waals surface area contributed by atoms with Gasteiger partial charge in [0.2, 0.25) is 10.0 Å². The summed E-state index contributed by atoms with van der Waals surface area (Å²) in [4.78, 5) is 12.4. The number of carbonyl (C=O) groups excluding carboxylic acids is 1. The fraction of sp³-hybridized carbons (Fsp3) is 0.350. The highest BCUT2D eigenvalue weighted by atomic mass is 32.2. The van der Waals surface area contributed by atoms with Crippen LogP contribution in [0.15, 0.2) is 53.4 Å². The lowest BCUT2D eigenvalue weighted by molar-refractivity contribution is 0.0734. The molecule has 0 saturated heterocycles. The molecule has 0 fully saturated rings. The van der Waals surface area contributed by atoms with Gasteiger partial charge in [0.05, 0.1) is 17.1 Å². The van der Waals surface area contributed by atoms with Crippen molar-refractivity contribution in [2.75, 3.05) is 26.8 Å². The van der Waals surface area contributed by atoms with E-state index in [1.807, 2.05) is 12.1 Å². The largest absolute Gasteiger partial charge is 0.423 e. The zero-order valence-electron chi connectivity index (χ0n) is 15.8. The van der Waals surface area contributed by atoms with Gasteiger partial charge in [-0.3, -0.25) is 0 Å². The minimum atomic E-state index is -3.54. The second kappa shape index (κ2) is 9.64. The highest BCUT2D eigenvalue weighted by molar-refractivity contribution is 7.89. The average molecular weight is 391 g/mol. The van der Waals surface area contributed by atoms with Crippen LogP contribution in [-0.2, 0) is 21.2 Å². The molecule has 0 aliphatic heterocycles. The quantitative estimate of drug-likeness (QED) is 0.485. The van der Waals surface area contributed by atoms with Crippen molar-refractivity contribution in [2.45, 2.75) is 25.2 Å². The van der Waals surface area contributed by atoms with Crippen molar-refractivity contribution in [1.82, 2.24) is 4.31 Å². The van der Waals surface area contributed by atoms with Crippen LogP contribution in [-0.4, -0.2) is 45.5 Å². The molecule has 0 bridgehead atoms. The zero-order valence-corrected chi connectivity index (χ0v) is 16.7. The molecule has 7 heteroatoms. The number of hydrogen-bond donors (Lipinski definition) is 0. The molecule has 2 rings (SSSR count). The first-order valence-corrected chi connectivity index (χ1v) is 10.3. The van der Waals surface area contributed by atoms with Gasteiger partial charge in [0.1, 0.15) is 5.75 Å². The smallest absolute Gasteiger partial charge is 0.343 e. The molecule has 27 heavy (non-hydrogen) atoms. The molecule has 0 amide bonds. The van der Waals surface area contributed by atoms with E-state index in [0.717, 1.165) is 12.0 Å². The van der Waals surface area contributed by atoms with Gasteiger partial charge in [0, 0.05) is 20.2 Å². The van der Waals surface area contributed by atoms with E-state index < -0.39 is 16.0 Å². The van der Waals surface area contributed by atoms with Gasteiger partial charge in [-0.25, -0.2) is 13.2 Å². The van der Waals surface area contributed by atoms with Crippen molar-refractivity contribution in [3.63, 3.8) is 0 Å². The first-order valence-electron chi connectivity index (χ1n) is 8.82. The highest BCUT2D eigenvalue weighted by Crippen LogP contribution is 2.18. The minimum absolute atomic E-state index is 0.158. The van der Waals surface area contributed by atoms with Crippen LogP contribution in [0.25, 0.3) is 0 Å². The summed E-state index contributed by atoms with van der Waals surface area (Å²) in [6.07, 6.45) is 0.785. The second-order valence-electron chi connectivity index (χ2n) is 5.89. The fourth-order valence-electron chi connectivity index (χ4n) is 2.59. The molecule has 0 saturated carbocycles. The van der Waals surface area contributed by atoms with Crippen molar-refractivity contribution >= 4 is 16.0 Å². The average Bonchev–Trinajstić information content (AvgIpc) is 2.68. The molecule has 6 nitrogen and oxygen atoms in total. The van der Waals surface area contributed by atoms with E-state index in [4.69, 9.17) is 9.47 Å². The number of rotatable bonds is 9. The monoisotopic (exact) mass is 391 g/mol. The maximum Gasteiger partial charge on any atom is 0.343 e. The van der Waals surface area contributed by atoms with Crippen molar-refractivity contribution in [3.05, 3.63) is 59.7 Å². The Labute approximate surface area is 160 Å². The van der Waals surface area contributed by atoms with Crippen LogP contribution >= 0.6 is 0 Å². The molecule has 0 unspecified atom stereocenters. The van der Waals surface area contributed by atoms with Crippen LogP contribution in [0.4, 0.5) is 0 Å². The third-order valence-corrected chi connectivity index (χ3v) is 6.23. The lowest BCUT2D eigenvalue weighted by Gasteiger charge is -2.18. The Morgan fingerprint density at radius 1 is 0.963 bits per heavy atom. The number of hydrogen-bond acceptors (Lipinski definition) is 5. The van der Waals surface area contributed by atoms with E-state index in [2.05, 4.69) is 0 Å². The van der Waals surface area contributed by atoms with Gasteiger partial charge >= 0.3 is 5.97 Å².